The number of amides is 3. The van der Waals surface area contributed by atoms with E-state index in [2.05, 4.69) is 24.5 Å². The lowest BCUT2D eigenvalue weighted by molar-refractivity contribution is -0.141. The number of carbonyl (C=O) groups excluding carboxylic acids is 3. The fourth-order valence-electron chi connectivity index (χ4n) is 7.64. The van der Waals surface area contributed by atoms with Crippen LogP contribution >= 0.6 is 11.6 Å². The summed E-state index contributed by atoms with van der Waals surface area (Å²) >= 11 is 5.94. The minimum atomic E-state index is -1.30. The van der Waals surface area contributed by atoms with E-state index in [1.54, 1.807) is 37.3 Å². The van der Waals surface area contributed by atoms with E-state index >= 15 is 0 Å². The Labute approximate surface area is 267 Å². The molecule has 6 rings (SSSR count). The first kappa shape index (κ1) is 31.4. The van der Waals surface area contributed by atoms with E-state index in [0.717, 1.165) is 24.8 Å². The summed E-state index contributed by atoms with van der Waals surface area (Å²) in [7, 11) is 3.12. The monoisotopic (exact) mass is 639 g/mol. The molecule has 11 heteroatoms. The third kappa shape index (κ3) is 5.46. The highest BCUT2D eigenvalue weighted by Gasteiger charge is 2.72. The minimum absolute atomic E-state index is 0.0237. The van der Waals surface area contributed by atoms with Gasteiger partial charge in [0.15, 0.2) is 11.5 Å². The maximum atomic E-state index is 14.3. The van der Waals surface area contributed by atoms with Crippen LogP contribution < -0.4 is 20.1 Å². The fourth-order valence-corrected chi connectivity index (χ4v) is 7.82. The molecule has 8 unspecified atom stereocenters. The SMILES string of the molecule is COc1ccc(CCN2C(=O)C3C(C(=O)Nc4ccc(F)c(Cl)c4)C4C=CC3(O4)C2C(=O)NC2CCCC(C)C2C)cc1OC. The van der Waals surface area contributed by atoms with Gasteiger partial charge in [-0.05, 0) is 60.6 Å². The molecule has 45 heavy (non-hydrogen) atoms. The van der Waals surface area contributed by atoms with Crippen molar-refractivity contribution < 1.29 is 33.0 Å². The second-order valence-corrected chi connectivity index (χ2v) is 13.1. The number of hydrogen-bond acceptors (Lipinski definition) is 6. The molecule has 2 bridgehead atoms. The maximum Gasteiger partial charge on any atom is 0.246 e. The van der Waals surface area contributed by atoms with Crippen LogP contribution in [0, 0.1) is 29.5 Å². The van der Waals surface area contributed by atoms with Crippen LogP contribution in [0.25, 0.3) is 0 Å². The second-order valence-electron chi connectivity index (χ2n) is 12.7. The van der Waals surface area contributed by atoms with Crippen LogP contribution in [0.1, 0.15) is 38.7 Å². The molecule has 3 aliphatic heterocycles. The zero-order chi connectivity index (χ0) is 32.0. The highest BCUT2D eigenvalue weighted by molar-refractivity contribution is 6.31. The quantitative estimate of drug-likeness (QED) is 0.383. The number of likely N-dealkylation sites (tertiary alicyclic amines) is 1. The van der Waals surface area contributed by atoms with Crippen molar-refractivity contribution >= 4 is 35.0 Å². The van der Waals surface area contributed by atoms with Crippen LogP contribution in [-0.2, 0) is 25.5 Å². The highest BCUT2D eigenvalue weighted by Crippen LogP contribution is 2.55. The van der Waals surface area contributed by atoms with Crippen molar-refractivity contribution in [1.82, 2.24) is 10.2 Å². The molecule has 2 saturated heterocycles. The van der Waals surface area contributed by atoms with Crippen LogP contribution in [0.3, 0.4) is 0 Å². The van der Waals surface area contributed by atoms with E-state index in [1.807, 2.05) is 12.1 Å². The molecule has 3 heterocycles. The number of nitrogens with one attached hydrogen (secondary N) is 2. The van der Waals surface area contributed by atoms with Crippen molar-refractivity contribution in [2.24, 2.45) is 23.7 Å². The number of benzene rings is 2. The summed E-state index contributed by atoms with van der Waals surface area (Å²) in [5.74, 6) is -1.55. The van der Waals surface area contributed by atoms with E-state index in [4.69, 9.17) is 25.8 Å². The molecule has 2 aromatic carbocycles. The van der Waals surface area contributed by atoms with Gasteiger partial charge < -0.3 is 29.7 Å². The third-order valence-electron chi connectivity index (χ3n) is 10.2. The third-order valence-corrected chi connectivity index (χ3v) is 10.5. The van der Waals surface area contributed by atoms with Gasteiger partial charge in [0.25, 0.3) is 0 Å². The minimum Gasteiger partial charge on any atom is -0.493 e. The zero-order valence-corrected chi connectivity index (χ0v) is 26.6. The number of ether oxygens (including phenoxy) is 3. The van der Waals surface area contributed by atoms with Crippen molar-refractivity contribution in [2.45, 2.75) is 63.3 Å². The molecular weight excluding hydrogens is 601 g/mol. The number of hydrogen-bond donors (Lipinski definition) is 2. The van der Waals surface area contributed by atoms with Crippen molar-refractivity contribution in [3.63, 3.8) is 0 Å². The Morgan fingerprint density at radius 1 is 1.09 bits per heavy atom. The first-order valence-electron chi connectivity index (χ1n) is 15.5. The van der Waals surface area contributed by atoms with Gasteiger partial charge in [-0.15, -0.1) is 0 Å². The zero-order valence-electron chi connectivity index (χ0n) is 25.8. The van der Waals surface area contributed by atoms with Gasteiger partial charge in [0.1, 0.15) is 17.5 Å². The van der Waals surface area contributed by atoms with Crippen LogP contribution in [0.15, 0.2) is 48.6 Å². The van der Waals surface area contributed by atoms with Crippen molar-refractivity contribution in [1.29, 1.82) is 0 Å². The van der Waals surface area contributed by atoms with Gasteiger partial charge in [0.05, 0.1) is 37.2 Å². The average molecular weight is 640 g/mol. The summed E-state index contributed by atoms with van der Waals surface area (Å²) in [6, 6.07) is 8.47. The summed E-state index contributed by atoms with van der Waals surface area (Å²) in [6.45, 7) is 4.59. The molecule has 2 aromatic rings. The second kappa shape index (κ2) is 12.3. The van der Waals surface area contributed by atoms with Crippen molar-refractivity contribution in [3.8, 4) is 11.5 Å². The lowest BCUT2D eigenvalue weighted by atomic mass is 9.73. The molecule has 8 atom stereocenters. The Bertz CT molecular complexity index is 1540. The van der Waals surface area contributed by atoms with Gasteiger partial charge in [-0.1, -0.05) is 56.5 Å². The van der Waals surface area contributed by atoms with Gasteiger partial charge in [0, 0.05) is 18.3 Å². The Hall–Kier alpha value is -3.63. The first-order chi connectivity index (χ1) is 21.6. The number of nitrogens with zero attached hydrogens (tertiary/aromatic N) is 1. The Morgan fingerprint density at radius 3 is 2.60 bits per heavy atom. The van der Waals surface area contributed by atoms with Crippen LogP contribution in [0.4, 0.5) is 10.1 Å². The summed E-state index contributed by atoms with van der Waals surface area (Å²) in [5.41, 5.74) is -0.0973. The molecule has 3 fully saturated rings. The molecule has 4 aliphatic rings. The summed E-state index contributed by atoms with van der Waals surface area (Å²) in [4.78, 5) is 43.9. The van der Waals surface area contributed by atoms with Crippen molar-refractivity contribution in [3.05, 3.63) is 65.0 Å². The van der Waals surface area contributed by atoms with Gasteiger partial charge in [0.2, 0.25) is 17.7 Å². The Balaban J connectivity index is 1.30. The number of rotatable bonds is 9. The molecule has 1 spiro atoms. The van der Waals surface area contributed by atoms with Crippen LogP contribution in [-0.4, -0.2) is 67.2 Å². The molecule has 2 N–H and O–H groups in total. The molecule has 1 aliphatic carbocycles. The number of halogens is 2. The van der Waals surface area contributed by atoms with Gasteiger partial charge in [-0.3, -0.25) is 14.4 Å². The highest BCUT2D eigenvalue weighted by atomic mass is 35.5. The molecule has 9 nitrogen and oxygen atoms in total. The van der Waals surface area contributed by atoms with E-state index in [9.17, 15) is 18.8 Å². The predicted octanol–water partition coefficient (Wildman–Crippen LogP) is 4.77. The lowest BCUT2D eigenvalue weighted by Gasteiger charge is -2.38. The lowest BCUT2D eigenvalue weighted by Crippen LogP contribution is -2.58. The van der Waals surface area contributed by atoms with Gasteiger partial charge >= 0.3 is 0 Å². The maximum absolute atomic E-state index is 14.3. The Morgan fingerprint density at radius 2 is 1.87 bits per heavy atom. The molecule has 3 amide bonds. The van der Waals surface area contributed by atoms with E-state index in [-0.39, 0.29) is 35.3 Å². The van der Waals surface area contributed by atoms with Gasteiger partial charge in [-0.25, -0.2) is 4.39 Å². The predicted molar refractivity (Wildman–Crippen MR) is 167 cm³/mol. The fraction of sp³-hybridized carbons (Fsp3) is 0.500. The standard InChI is InChI=1S/C34H39ClFN3O6/c1-18-6-5-7-24(19(18)2)38-32(41)30-34-14-12-26(45-34)28(31(40)37-21-9-10-23(36)22(35)17-21)29(34)33(42)39(30)15-13-20-8-11-25(43-3)27(16-20)44-4/h8-12,14,16-19,24,26,28-30H,5-7,13,15H2,1-4H3,(H,37,40)(H,38,41). The molecule has 0 aromatic heterocycles. The number of fused-ring (bicyclic) bond motifs is 1. The van der Waals surface area contributed by atoms with E-state index < -0.39 is 41.3 Å². The number of methoxy groups -OCH3 is 2. The summed E-state index contributed by atoms with van der Waals surface area (Å²) < 4.78 is 31.1. The van der Waals surface area contributed by atoms with Crippen LogP contribution in [0.2, 0.25) is 5.02 Å². The van der Waals surface area contributed by atoms with E-state index in [1.165, 1.54) is 18.2 Å². The summed E-state index contributed by atoms with van der Waals surface area (Å²) in [6.07, 6.45) is 6.32. The molecule has 1 saturated carbocycles. The molecule has 240 valence electrons. The summed E-state index contributed by atoms with van der Waals surface area (Å²) in [5, 5.41) is 5.93. The molecule has 0 radical (unpaired) electrons. The molecular formula is C34H39ClFN3O6. The van der Waals surface area contributed by atoms with Gasteiger partial charge in [-0.2, -0.15) is 0 Å². The average Bonchev–Trinajstić information content (AvgIpc) is 3.67. The topological polar surface area (TPSA) is 106 Å². The largest absolute Gasteiger partial charge is 0.493 e. The normalized spacial score (nSPS) is 31.6. The number of anilines is 1. The Kier molecular flexibility index (Phi) is 8.56. The smallest absolute Gasteiger partial charge is 0.246 e. The van der Waals surface area contributed by atoms with Crippen LogP contribution in [0.5, 0.6) is 11.5 Å². The van der Waals surface area contributed by atoms with Crippen molar-refractivity contribution in [2.75, 3.05) is 26.1 Å². The first-order valence-corrected chi connectivity index (χ1v) is 15.9. The number of carbonyl (C=O) groups is 3. The van der Waals surface area contributed by atoms with E-state index in [0.29, 0.717) is 29.5 Å².